The Balaban J connectivity index is 2.37. The second kappa shape index (κ2) is 5.92. The quantitative estimate of drug-likeness (QED) is 0.674. The zero-order valence-electron chi connectivity index (χ0n) is 10.1. The van der Waals surface area contributed by atoms with E-state index < -0.39 is 33.7 Å². The van der Waals surface area contributed by atoms with Crippen LogP contribution in [0.25, 0.3) is 0 Å². The van der Waals surface area contributed by atoms with Crippen LogP contribution in [0.2, 0.25) is 0 Å². The number of amides is 1. The van der Waals surface area contributed by atoms with Crippen molar-refractivity contribution in [3.63, 3.8) is 0 Å². The number of benzene rings is 1. The molecule has 0 fully saturated rings. The molecule has 0 aliphatic rings. The fourth-order valence-corrected chi connectivity index (χ4v) is 1.86. The molecule has 1 amide bonds. The normalized spacial score (nSPS) is 10.2. The fraction of sp³-hybridized carbons (Fsp3) is 0. The van der Waals surface area contributed by atoms with Crippen molar-refractivity contribution in [2.24, 2.45) is 0 Å². The maximum absolute atomic E-state index is 13.8. The molecule has 0 bridgehead atoms. The highest BCUT2D eigenvalue weighted by molar-refractivity contribution is 9.10. The first kappa shape index (κ1) is 15.0. The lowest BCUT2D eigenvalue weighted by atomic mass is 10.1. The van der Waals surface area contributed by atoms with Crippen molar-refractivity contribution in [3.05, 3.63) is 62.2 Å². The summed E-state index contributed by atoms with van der Waals surface area (Å²) in [5, 5.41) is 12.8. The molecule has 1 heterocycles. The van der Waals surface area contributed by atoms with E-state index in [4.69, 9.17) is 0 Å². The van der Waals surface area contributed by atoms with Crippen LogP contribution in [0.15, 0.2) is 34.9 Å². The first-order valence-corrected chi connectivity index (χ1v) is 6.24. The second-order valence-corrected chi connectivity index (χ2v) is 4.77. The van der Waals surface area contributed by atoms with E-state index in [-0.39, 0.29) is 5.82 Å². The number of hydrogen-bond acceptors (Lipinski definition) is 4. The van der Waals surface area contributed by atoms with Gasteiger partial charge in [0.05, 0.1) is 16.6 Å². The number of anilines is 1. The van der Waals surface area contributed by atoms with Crippen LogP contribution in [0.1, 0.15) is 10.4 Å². The molecule has 21 heavy (non-hydrogen) atoms. The van der Waals surface area contributed by atoms with Gasteiger partial charge in [0, 0.05) is 10.7 Å². The van der Waals surface area contributed by atoms with Crippen molar-refractivity contribution in [1.82, 2.24) is 4.98 Å². The van der Waals surface area contributed by atoms with E-state index >= 15 is 0 Å². The van der Waals surface area contributed by atoms with Gasteiger partial charge in [0.2, 0.25) is 5.82 Å². The number of nitrogens with zero attached hydrogens (tertiary/aromatic N) is 2. The summed E-state index contributed by atoms with van der Waals surface area (Å²) in [6, 6.07) is 4.02. The molecule has 108 valence electrons. The first-order valence-electron chi connectivity index (χ1n) is 5.45. The number of nitro benzene ring substituents is 1. The number of carbonyl (C=O) groups is 1. The topological polar surface area (TPSA) is 85.1 Å². The van der Waals surface area contributed by atoms with Crippen molar-refractivity contribution >= 4 is 33.3 Å². The van der Waals surface area contributed by atoms with E-state index in [1.54, 1.807) is 6.07 Å². The molecule has 1 aromatic heterocycles. The van der Waals surface area contributed by atoms with Gasteiger partial charge < -0.3 is 5.32 Å². The summed E-state index contributed by atoms with van der Waals surface area (Å²) in [6.45, 7) is 0. The summed E-state index contributed by atoms with van der Waals surface area (Å²) in [7, 11) is 0. The Hall–Kier alpha value is -2.42. The van der Waals surface area contributed by atoms with Crippen molar-refractivity contribution < 1.29 is 18.5 Å². The van der Waals surface area contributed by atoms with Gasteiger partial charge in [-0.1, -0.05) is 15.9 Å². The number of pyridine rings is 1. The van der Waals surface area contributed by atoms with Crippen molar-refractivity contribution in [1.29, 1.82) is 0 Å². The molecule has 1 aromatic carbocycles. The van der Waals surface area contributed by atoms with Crippen molar-refractivity contribution in [2.75, 3.05) is 5.32 Å². The average molecular weight is 358 g/mol. The standard InChI is InChI=1S/C12H6BrF2N3O3/c13-6-1-2-16-10(3-6)17-12(19)8-4-7(14)5-9(11(8)15)18(20)21/h1-5H,(H,16,17,19). The molecule has 0 aliphatic heterocycles. The number of carbonyl (C=O) groups excluding carboxylic acids is 1. The van der Waals surface area contributed by atoms with Gasteiger partial charge in [-0.3, -0.25) is 14.9 Å². The van der Waals surface area contributed by atoms with E-state index in [0.717, 1.165) is 0 Å². The van der Waals surface area contributed by atoms with Crippen LogP contribution < -0.4 is 5.32 Å². The van der Waals surface area contributed by atoms with Crippen LogP contribution in [0.5, 0.6) is 0 Å². The largest absolute Gasteiger partial charge is 0.308 e. The van der Waals surface area contributed by atoms with E-state index in [1.165, 1.54) is 12.3 Å². The monoisotopic (exact) mass is 357 g/mol. The Morgan fingerprint density at radius 3 is 2.67 bits per heavy atom. The molecular formula is C12H6BrF2N3O3. The third-order valence-electron chi connectivity index (χ3n) is 2.42. The lowest BCUT2D eigenvalue weighted by Gasteiger charge is -2.06. The Bertz CT molecular complexity index is 740. The summed E-state index contributed by atoms with van der Waals surface area (Å²) >= 11 is 3.15. The van der Waals surface area contributed by atoms with E-state index in [2.05, 4.69) is 26.2 Å². The summed E-state index contributed by atoms with van der Waals surface area (Å²) < 4.78 is 27.7. The smallest absolute Gasteiger partial charge is 0.306 e. The minimum absolute atomic E-state index is 0.0840. The van der Waals surface area contributed by atoms with Crippen LogP contribution in [0.3, 0.4) is 0 Å². The Labute approximate surface area is 125 Å². The van der Waals surface area contributed by atoms with Gasteiger partial charge in [-0.25, -0.2) is 9.37 Å². The number of nitro groups is 1. The molecule has 0 saturated carbocycles. The minimum atomic E-state index is -1.41. The number of rotatable bonds is 3. The zero-order valence-corrected chi connectivity index (χ0v) is 11.7. The highest BCUT2D eigenvalue weighted by Crippen LogP contribution is 2.23. The Morgan fingerprint density at radius 2 is 2.05 bits per heavy atom. The van der Waals surface area contributed by atoms with Gasteiger partial charge >= 0.3 is 5.69 Å². The van der Waals surface area contributed by atoms with Crippen molar-refractivity contribution in [3.8, 4) is 0 Å². The predicted octanol–water partition coefficient (Wildman–Crippen LogP) is 3.28. The van der Waals surface area contributed by atoms with Crippen LogP contribution >= 0.6 is 15.9 Å². The molecule has 2 aromatic rings. The molecule has 0 radical (unpaired) electrons. The van der Waals surface area contributed by atoms with E-state index in [9.17, 15) is 23.7 Å². The lowest BCUT2D eigenvalue weighted by Crippen LogP contribution is -2.16. The SMILES string of the molecule is O=C(Nc1cc(Br)ccn1)c1cc(F)cc([N+](=O)[O-])c1F. The summed E-state index contributed by atoms with van der Waals surface area (Å²) in [5.74, 6) is -3.45. The molecule has 6 nitrogen and oxygen atoms in total. The summed E-state index contributed by atoms with van der Waals surface area (Å²) in [5.41, 5.74) is -1.88. The maximum atomic E-state index is 13.8. The van der Waals surface area contributed by atoms with Gasteiger partial charge in [0.1, 0.15) is 11.6 Å². The van der Waals surface area contributed by atoms with Crippen LogP contribution in [-0.2, 0) is 0 Å². The van der Waals surface area contributed by atoms with Gasteiger partial charge in [-0.2, -0.15) is 4.39 Å². The third-order valence-corrected chi connectivity index (χ3v) is 2.92. The van der Waals surface area contributed by atoms with Gasteiger partial charge in [0.15, 0.2) is 0 Å². The maximum Gasteiger partial charge on any atom is 0.308 e. The Kier molecular flexibility index (Phi) is 4.22. The predicted molar refractivity (Wildman–Crippen MR) is 72.9 cm³/mol. The molecule has 0 atom stereocenters. The number of nitrogens with one attached hydrogen (secondary N) is 1. The Morgan fingerprint density at radius 1 is 1.33 bits per heavy atom. The van der Waals surface area contributed by atoms with Gasteiger partial charge in [0.25, 0.3) is 5.91 Å². The fourth-order valence-electron chi connectivity index (χ4n) is 1.53. The number of hydrogen-bond donors (Lipinski definition) is 1. The molecule has 2 rings (SSSR count). The molecular weight excluding hydrogens is 352 g/mol. The molecule has 0 spiro atoms. The molecule has 0 saturated heterocycles. The van der Waals surface area contributed by atoms with Crippen LogP contribution in [0.4, 0.5) is 20.3 Å². The first-order chi connectivity index (χ1) is 9.88. The van der Waals surface area contributed by atoms with E-state index in [1.807, 2.05) is 0 Å². The van der Waals surface area contributed by atoms with Gasteiger partial charge in [-0.15, -0.1) is 0 Å². The van der Waals surface area contributed by atoms with Crippen molar-refractivity contribution in [2.45, 2.75) is 0 Å². The van der Waals surface area contributed by atoms with Crippen LogP contribution in [0, 0.1) is 21.7 Å². The third kappa shape index (κ3) is 3.37. The average Bonchev–Trinajstić information content (AvgIpc) is 2.40. The molecule has 0 unspecified atom stereocenters. The van der Waals surface area contributed by atoms with Gasteiger partial charge in [-0.05, 0) is 18.2 Å². The molecule has 9 heteroatoms. The highest BCUT2D eigenvalue weighted by atomic mass is 79.9. The zero-order chi connectivity index (χ0) is 15.6. The lowest BCUT2D eigenvalue weighted by molar-refractivity contribution is -0.387. The summed E-state index contributed by atoms with van der Waals surface area (Å²) in [4.78, 5) is 25.2. The molecule has 0 aliphatic carbocycles. The molecule has 1 N–H and O–H groups in total. The second-order valence-electron chi connectivity index (χ2n) is 3.86. The number of aromatic nitrogens is 1. The van der Waals surface area contributed by atoms with E-state index in [0.29, 0.717) is 16.6 Å². The number of halogens is 3. The van der Waals surface area contributed by atoms with Crippen LogP contribution in [-0.4, -0.2) is 15.8 Å². The minimum Gasteiger partial charge on any atom is -0.306 e. The highest BCUT2D eigenvalue weighted by Gasteiger charge is 2.24. The summed E-state index contributed by atoms with van der Waals surface area (Å²) in [6.07, 6.45) is 1.38.